The summed E-state index contributed by atoms with van der Waals surface area (Å²) in [6, 6.07) is 8.24. The van der Waals surface area contributed by atoms with Crippen molar-refractivity contribution in [1.29, 1.82) is 0 Å². The molecule has 0 saturated heterocycles. The Labute approximate surface area is 141 Å². The van der Waals surface area contributed by atoms with Crippen LogP contribution in [0.5, 0.6) is 0 Å². The first-order valence-corrected chi connectivity index (χ1v) is 9.79. The van der Waals surface area contributed by atoms with Crippen LogP contribution in [0.1, 0.15) is 32.3 Å². The van der Waals surface area contributed by atoms with E-state index in [1.165, 1.54) is 0 Å². The van der Waals surface area contributed by atoms with Gasteiger partial charge in [0.25, 0.3) is 10.1 Å². The smallest absolute Gasteiger partial charge is 0.264 e. The van der Waals surface area contributed by atoms with Gasteiger partial charge in [-0.3, -0.25) is 4.55 Å². The molecule has 1 aromatic rings. The summed E-state index contributed by atoms with van der Waals surface area (Å²) in [6.45, 7) is 4.86. The van der Waals surface area contributed by atoms with Gasteiger partial charge in [-0.05, 0) is 43.0 Å². The Hall–Kier alpha value is -0.690. The van der Waals surface area contributed by atoms with Crippen molar-refractivity contribution in [2.75, 3.05) is 12.3 Å². The SMILES string of the molecule is CC(C)C[C@H](C=Cc1ccc(Br)cc1)NCCCS(=O)(=O)O. The van der Waals surface area contributed by atoms with Gasteiger partial charge in [-0.15, -0.1) is 0 Å². The highest BCUT2D eigenvalue weighted by atomic mass is 79.9. The molecule has 1 atom stereocenters. The Morgan fingerprint density at radius 1 is 1.27 bits per heavy atom. The first-order chi connectivity index (χ1) is 10.3. The summed E-state index contributed by atoms with van der Waals surface area (Å²) in [5.41, 5.74) is 1.12. The van der Waals surface area contributed by atoms with E-state index in [1.807, 2.05) is 24.3 Å². The van der Waals surface area contributed by atoms with Gasteiger partial charge in [0.1, 0.15) is 0 Å². The number of halogens is 1. The average molecular weight is 390 g/mol. The van der Waals surface area contributed by atoms with Crippen molar-refractivity contribution in [3.63, 3.8) is 0 Å². The van der Waals surface area contributed by atoms with Crippen molar-refractivity contribution in [2.24, 2.45) is 5.92 Å². The molecule has 1 rings (SSSR count). The molecule has 4 nitrogen and oxygen atoms in total. The summed E-state index contributed by atoms with van der Waals surface area (Å²) >= 11 is 3.41. The van der Waals surface area contributed by atoms with Gasteiger partial charge in [0.15, 0.2) is 0 Å². The summed E-state index contributed by atoms with van der Waals surface area (Å²) in [5.74, 6) is 0.332. The standard InChI is InChI=1S/C16H24BrNO3S/c1-13(2)12-16(18-10-3-11-22(19,20)21)9-6-14-4-7-15(17)8-5-14/h4-9,13,16,18H,3,10-12H2,1-2H3,(H,19,20,21)/t16-/m0/s1. The lowest BCUT2D eigenvalue weighted by Gasteiger charge is -2.17. The quantitative estimate of drug-likeness (QED) is 0.498. The molecule has 0 aliphatic heterocycles. The second-order valence-electron chi connectivity index (χ2n) is 5.74. The fourth-order valence-electron chi connectivity index (χ4n) is 2.08. The molecule has 0 amide bonds. The minimum absolute atomic E-state index is 0.185. The van der Waals surface area contributed by atoms with E-state index >= 15 is 0 Å². The number of rotatable bonds is 9. The zero-order valence-corrected chi connectivity index (χ0v) is 15.4. The third-order valence-electron chi connectivity index (χ3n) is 3.10. The molecule has 22 heavy (non-hydrogen) atoms. The number of hydrogen-bond acceptors (Lipinski definition) is 3. The first-order valence-electron chi connectivity index (χ1n) is 7.38. The average Bonchev–Trinajstić information content (AvgIpc) is 2.40. The summed E-state index contributed by atoms with van der Waals surface area (Å²) in [6.07, 6.45) is 5.55. The number of benzene rings is 1. The van der Waals surface area contributed by atoms with Crippen molar-refractivity contribution in [1.82, 2.24) is 5.32 Å². The summed E-state index contributed by atoms with van der Waals surface area (Å²) in [4.78, 5) is 0. The Morgan fingerprint density at radius 2 is 1.91 bits per heavy atom. The zero-order chi connectivity index (χ0) is 16.6. The number of nitrogens with one attached hydrogen (secondary N) is 1. The van der Waals surface area contributed by atoms with Crippen LogP contribution in [-0.4, -0.2) is 31.3 Å². The van der Waals surface area contributed by atoms with E-state index in [1.54, 1.807) is 0 Å². The van der Waals surface area contributed by atoms with E-state index in [-0.39, 0.29) is 11.8 Å². The predicted molar refractivity (Wildman–Crippen MR) is 95.5 cm³/mol. The molecule has 0 bridgehead atoms. The molecule has 0 aromatic heterocycles. The lowest BCUT2D eigenvalue weighted by Crippen LogP contribution is -2.30. The molecule has 0 fully saturated rings. The zero-order valence-electron chi connectivity index (χ0n) is 13.0. The molecule has 0 heterocycles. The van der Waals surface area contributed by atoms with Gasteiger partial charge in [-0.2, -0.15) is 8.42 Å². The van der Waals surface area contributed by atoms with Crippen LogP contribution in [-0.2, 0) is 10.1 Å². The summed E-state index contributed by atoms with van der Waals surface area (Å²) < 4.78 is 31.2. The van der Waals surface area contributed by atoms with Crippen LogP contribution in [0.4, 0.5) is 0 Å². The van der Waals surface area contributed by atoms with Crippen molar-refractivity contribution in [3.8, 4) is 0 Å². The molecule has 0 unspecified atom stereocenters. The van der Waals surface area contributed by atoms with Crippen molar-refractivity contribution in [3.05, 3.63) is 40.4 Å². The molecule has 1 aromatic carbocycles. The third-order valence-corrected chi connectivity index (χ3v) is 4.44. The molecule has 124 valence electrons. The van der Waals surface area contributed by atoms with E-state index in [0.717, 1.165) is 16.5 Å². The monoisotopic (exact) mass is 389 g/mol. The summed E-state index contributed by atoms with van der Waals surface area (Å²) in [7, 11) is -3.87. The predicted octanol–water partition coefficient (Wildman–Crippen LogP) is 3.74. The van der Waals surface area contributed by atoms with Crippen molar-refractivity contribution in [2.45, 2.75) is 32.7 Å². The van der Waals surface area contributed by atoms with Crippen LogP contribution in [0, 0.1) is 5.92 Å². The van der Waals surface area contributed by atoms with Gasteiger partial charge in [0.2, 0.25) is 0 Å². The first kappa shape index (κ1) is 19.4. The van der Waals surface area contributed by atoms with Crippen LogP contribution in [0.3, 0.4) is 0 Å². The molecule has 6 heteroatoms. The highest BCUT2D eigenvalue weighted by Crippen LogP contribution is 2.13. The maximum absolute atomic E-state index is 10.7. The van der Waals surface area contributed by atoms with Crippen LogP contribution >= 0.6 is 15.9 Å². The second kappa shape index (κ2) is 9.45. The van der Waals surface area contributed by atoms with Gasteiger partial charge in [0.05, 0.1) is 5.75 Å². The Bertz CT molecular complexity index is 568. The third kappa shape index (κ3) is 9.35. The molecule has 2 N–H and O–H groups in total. The normalized spacial score (nSPS) is 13.9. The fraction of sp³-hybridized carbons (Fsp3) is 0.500. The van der Waals surface area contributed by atoms with Crippen LogP contribution in [0.25, 0.3) is 6.08 Å². The molecule has 0 saturated carbocycles. The Morgan fingerprint density at radius 3 is 2.45 bits per heavy atom. The molecular formula is C16H24BrNO3S. The topological polar surface area (TPSA) is 66.4 Å². The molecule has 0 radical (unpaired) electrons. The van der Waals surface area contributed by atoms with Gasteiger partial charge in [0, 0.05) is 10.5 Å². The van der Waals surface area contributed by atoms with Gasteiger partial charge in [-0.25, -0.2) is 0 Å². The van der Waals surface area contributed by atoms with Crippen LogP contribution < -0.4 is 5.32 Å². The van der Waals surface area contributed by atoms with Crippen LogP contribution in [0.2, 0.25) is 0 Å². The minimum Gasteiger partial charge on any atom is -0.310 e. The highest BCUT2D eigenvalue weighted by Gasteiger charge is 2.08. The molecular weight excluding hydrogens is 366 g/mol. The lowest BCUT2D eigenvalue weighted by molar-refractivity contribution is 0.462. The maximum atomic E-state index is 10.7. The molecule has 0 aliphatic carbocycles. The van der Waals surface area contributed by atoms with E-state index < -0.39 is 10.1 Å². The van der Waals surface area contributed by atoms with E-state index in [2.05, 4.69) is 47.2 Å². The minimum atomic E-state index is -3.87. The Balaban J connectivity index is 2.54. The van der Waals surface area contributed by atoms with E-state index in [4.69, 9.17) is 4.55 Å². The number of hydrogen-bond donors (Lipinski definition) is 2. The van der Waals surface area contributed by atoms with E-state index in [0.29, 0.717) is 18.9 Å². The highest BCUT2D eigenvalue weighted by molar-refractivity contribution is 9.10. The lowest BCUT2D eigenvalue weighted by atomic mass is 10.0. The largest absolute Gasteiger partial charge is 0.310 e. The molecule has 0 aliphatic rings. The van der Waals surface area contributed by atoms with Gasteiger partial charge < -0.3 is 5.32 Å². The Kier molecular flexibility index (Phi) is 8.31. The van der Waals surface area contributed by atoms with Gasteiger partial charge in [-0.1, -0.05) is 54.1 Å². The van der Waals surface area contributed by atoms with Gasteiger partial charge >= 0.3 is 0 Å². The van der Waals surface area contributed by atoms with Crippen molar-refractivity contribution < 1.29 is 13.0 Å². The fourth-order valence-corrected chi connectivity index (χ4v) is 2.85. The maximum Gasteiger partial charge on any atom is 0.264 e. The second-order valence-corrected chi connectivity index (χ2v) is 8.23. The van der Waals surface area contributed by atoms with Crippen molar-refractivity contribution >= 4 is 32.1 Å². The van der Waals surface area contributed by atoms with E-state index in [9.17, 15) is 8.42 Å². The van der Waals surface area contributed by atoms with Crippen LogP contribution in [0.15, 0.2) is 34.8 Å². The summed E-state index contributed by atoms with van der Waals surface area (Å²) in [5, 5.41) is 3.33. The molecule has 0 spiro atoms.